The largest absolute Gasteiger partial charge is 0.508 e. The van der Waals surface area contributed by atoms with Gasteiger partial charge < -0.3 is 10.8 Å². The Balaban J connectivity index is 3.09. The van der Waals surface area contributed by atoms with Crippen LogP contribution in [0.5, 0.6) is 5.75 Å². The first kappa shape index (κ1) is 7.02. The summed E-state index contributed by atoms with van der Waals surface area (Å²) in [6, 6.07) is 3.79. The Morgan fingerprint density at radius 2 is 2.20 bits per heavy atom. The highest BCUT2D eigenvalue weighted by molar-refractivity contribution is 5.28. The summed E-state index contributed by atoms with van der Waals surface area (Å²) in [7, 11) is 0. The molecule has 0 aliphatic carbocycles. The highest BCUT2D eigenvalue weighted by Gasteiger charge is 1.98. The van der Waals surface area contributed by atoms with E-state index in [1.807, 2.05) is 0 Å². The lowest BCUT2D eigenvalue weighted by Crippen LogP contribution is -1.98. The van der Waals surface area contributed by atoms with Gasteiger partial charge >= 0.3 is 0 Å². The van der Waals surface area contributed by atoms with Gasteiger partial charge in [-0.25, -0.2) is 4.39 Å². The third-order valence-corrected chi connectivity index (χ3v) is 1.25. The highest BCUT2D eigenvalue weighted by atomic mass is 19.1. The van der Waals surface area contributed by atoms with Crippen molar-refractivity contribution in [2.45, 2.75) is 6.54 Å². The molecule has 1 rings (SSSR count). The van der Waals surface area contributed by atoms with E-state index in [4.69, 9.17) is 10.8 Å². The van der Waals surface area contributed by atoms with E-state index < -0.39 is 0 Å². The van der Waals surface area contributed by atoms with Gasteiger partial charge in [0.05, 0.1) is 0 Å². The minimum Gasteiger partial charge on any atom is -0.508 e. The van der Waals surface area contributed by atoms with Crippen LogP contribution >= 0.6 is 0 Å². The van der Waals surface area contributed by atoms with Gasteiger partial charge in [-0.2, -0.15) is 0 Å². The summed E-state index contributed by atoms with van der Waals surface area (Å²) in [4.78, 5) is 0. The van der Waals surface area contributed by atoms with Gasteiger partial charge in [0.2, 0.25) is 0 Å². The van der Waals surface area contributed by atoms with Crippen molar-refractivity contribution in [2.24, 2.45) is 5.73 Å². The number of hydrogen-bond acceptors (Lipinski definition) is 2. The number of phenolic OH excluding ortho intramolecular Hbond substituents is 1. The van der Waals surface area contributed by atoms with E-state index in [0.29, 0.717) is 5.56 Å². The Hall–Kier alpha value is -1.09. The molecule has 0 aliphatic heterocycles. The molecule has 10 heavy (non-hydrogen) atoms. The van der Waals surface area contributed by atoms with Crippen LogP contribution < -0.4 is 5.73 Å². The van der Waals surface area contributed by atoms with E-state index in [1.165, 1.54) is 18.2 Å². The second kappa shape index (κ2) is 2.66. The molecule has 0 atom stereocenters. The maximum absolute atomic E-state index is 12.6. The Bertz CT molecular complexity index is 237. The molecule has 0 spiro atoms. The number of aromatic hydroxyl groups is 1. The number of hydrogen-bond donors (Lipinski definition) is 2. The zero-order valence-corrected chi connectivity index (χ0v) is 5.34. The molecular weight excluding hydrogens is 133 g/mol. The van der Waals surface area contributed by atoms with Crippen molar-refractivity contribution in [3.8, 4) is 5.75 Å². The van der Waals surface area contributed by atoms with E-state index in [-0.39, 0.29) is 18.1 Å². The number of nitrogens with two attached hydrogens (primary N) is 1. The van der Waals surface area contributed by atoms with Crippen molar-refractivity contribution in [1.82, 2.24) is 0 Å². The molecule has 3 N–H and O–H groups in total. The standard InChI is InChI=1S/C7H8FNO/c8-7-2-1-6(10)3-5(7)4-9/h1-3,10H,4,9H2. The molecule has 0 aliphatic rings. The quantitative estimate of drug-likeness (QED) is 0.612. The average Bonchev–Trinajstić information content (AvgIpc) is 1.94. The monoisotopic (exact) mass is 141 g/mol. The van der Waals surface area contributed by atoms with Gasteiger partial charge in [-0.1, -0.05) is 0 Å². The molecular formula is C7H8FNO. The summed E-state index contributed by atoms with van der Waals surface area (Å²) in [6.45, 7) is 0.111. The molecule has 0 unspecified atom stereocenters. The molecule has 0 heterocycles. The minimum absolute atomic E-state index is 0.0434. The Kier molecular flexibility index (Phi) is 1.87. The van der Waals surface area contributed by atoms with Gasteiger partial charge in [-0.05, 0) is 18.2 Å². The lowest BCUT2D eigenvalue weighted by atomic mass is 10.2. The molecule has 0 amide bonds. The average molecular weight is 141 g/mol. The minimum atomic E-state index is -0.375. The zero-order chi connectivity index (χ0) is 7.56. The van der Waals surface area contributed by atoms with Crippen molar-refractivity contribution >= 4 is 0 Å². The fraction of sp³-hybridized carbons (Fsp3) is 0.143. The Morgan fingerprint density at radius 3 is 2.70 bits per heavy atom. The zero-order valence-electron chi connectivity index (χ0n) is 5.34. The van der Waals surface area contributed by atoms with Gasteiger partial charge in [-0.3, -0.25) is 0 Å². The van der Waals surface area contributed by atoms with E-state index in [1.54, 1.807) is 0 Å². The van der Waals surface area contributed by atoms with Crippen LogP contribution in [-0.2, 0) is 6.54 Å². The molecule has 1 aromatic carbocycles. The second-order valence-corrected chi connectivity index (χ2v) is 1.98. The Morgan fingerprint density at radius 1 is 1.50 bits per heavy atom. The molecule has 0 fully saturated rings. The molecule has 0 aromatic heterocycles. The van der Waals surface area contributed by atoms with Crippen LogP contribution in [0.3, 0.4) is 0 Å². The molecule has 0 radical (unpaired) electrons. The van der Waals surface area contributed by atoms with Gasteiger partial charge in [0.25, 0.3) is 0 Å². The first-order valence-electron chi connectivity index (χ1n) is 2.91. The summed E-state index contributed by atoms with van der Waals surface area (Å²) in [5.74, 6) is -0.331. The summed E-state index contributed by atoms with van der Waals surface area (Å²) >= 11 is 0. The normalized spacial score (nSPS) is 9.80. The smallest absolute Gasteiger partial charge is 0.127 e. The van der Waals surface area contributed by atoms with Crippen LogP contribution in [0.1, 0.15) is 5.56 Å². The first-order chi connectivity index (χ1) is 4.74. The number of rotatable bonds is 1. The summed E-state index contributed by atoms with van der Waals surface area (Å²) in [5.41, 5.74) is 5.50. The SMILES string of the molecule is NCc1cc(O)ccc1F. The van der Waals surface area contributed by atoms with Gasteiger partial charge in [0, 0.05) is 12.1 Å². The van der Waals surface area contributed by atoms with Crippen LogP contribution in [-0.4, -0.2) is 5.11 Å². The maximum atomic E-state index is 12.6. The number of phenols is 1. The predicted molar refractivity (Wildman–Crippen MR) is 36.0 cm³/mol. The second-order valence-electron chi connectivity index (χ2n) is 1.98. The van der Waals surface area contributed by atoms with Gasteiger partial charge in [0.1, 0.15) is 11.6 Å². The fourth-order valence-corrected chi connectivity index (χ4v) is 0.718. The van der Waals surface area contributed by atoms with Crippen molar-refractivity contribution in [1.29, 1.82) is 0 Å². The molecule has 0 saturated heterocycles. The third kappa shape index (κ3) is 1.25. The molecule has 54 valence electrons. The number of halogens is 1. The first-order valence-corrected chi connectivity index (χ1v) is 2.91. The van der Waals surface area contributed by atoms with Crippen LogP contribution in [0, 0.1) is 5.82 Å². The molecule has 0 bridgehead atoms. The lowest BCUT2D eigenvalue weighted by Gasteiger charge is -1.98. The topological polar surface area (TPSA) is 46.2 Å². The maximum Gasteiger partial charge on any atom is 0.127 e. The van der Waals surface area contributed by atoms with Crippen LogP contribution in [0.25, 0.3) is 0 Å². The third-order valence-electron chi connectivity index (χ3n) is 1.25. The molecule has 3 heteroatoms. The van der Waals surface area contributed by atoms with Gasteiger partial charge in [-0.15, -0.1) is 0 Å². The molecule has 2 nitrogen and oxygen atoms in total. The summed E-state index contributed by atoms with van der Waals surface area (Å²) < 4.78 is 12.6. The van der Waals surface area contributed by atoms with Crippen molar-refractivity contribution in [2.75, 3.05) is 0 Å². The van der Waals surface area contributed by atoms with Crippen LogP contribution in [0.15, 0.2) is 18.2 Å². The fourth-order valence-electron chi connectivity index (χ4n) is 0.718. The van der Waals surface area contributed by atoms with Gasteiger partial charge in [0.15, 0.2) is 0 Å². The summed E-state index contributed by atoms with van der Waals surface area (Å²) in [5, 5.41) is 8.85. The van der Waals surface area contributed by atoms with Crippen molar-refractivity contribution < 1.29 is 9.50 Å². The molecule has 1 aromatic rings. The van der Waals surface area contributed by atoms with E-state index in [2.05, 4.69) is 0 Å². The van der Waals surface area contributed by atoms with Crippen molar-refractivity contribution in [3.05, 3.63) is 29.6 Å². The van der Waals surface area contributed by atoms with Crippen LogP contribution in [0.4, 0.5) is 4.39 Å². The highest BCUT2D eigenvalue weighted by Crippen LogP contribution is 2.13. The van der Waals surface area contributed by atoms with E-state index in [9.17, 15) is 4.39 Å². The predicted octanol–water partition coefficient (Wildman–Crippen LogP) is 0.990. The van der Waals surface area contributed by atoms with Crippen molar-refractivity contribution in [3.63, 3.8) is 0 Å². The molecule has 0 saturated carbocycles. The lowest BCUT2D eigenvalue weighted by molar-refractivity contribution is 0.471. The number of benzene rings is 1. The summed E-state index contributed by atoms with van der Waals surface area (Å²) in [6.07, 6.45) is 0. The van der Waals surface area contributed by atoms with Crippen LogP contribution in [0.2, 0.25) is 0 Å². The van der Waals surface area contributed by atoms with E-state index >= 15 is 0 Å². The Labute approximate surface area is 58.1 Å². The van der Waals surface area contributed by atoms with E-state index in [0.717, 1.165) is 0 Å².